The Bertz CT molecular complexity index is 1890. The molecule has 0 amide bonds. The van der Waals surface area contributed by atoms with E-state index < -0.39 is 0 Å². The second-order valence-electron chi connectivity index (χ2n) is 9.00. The predicted molar refractivity (Wildman–Crippen MR) is 158 cm³/mol. The molecule has 0 fully saturated rings. The van der Waals surface area contributed by atoms with Gasteiger partial charge in [-0.2, -0.15) is 0 Å². The Morgan fingerprint density at radius 1 is 0.556 bits per heavy atom. The Morgan fingerprint density at radius 3 is 2.00 bits per heavy atom. The van der Waals surface area contributed by atoms with Crippen LogP contribution in [0, 0.1) is 0 Å². The zero-order chi connectivity index (χ0) is 24.1. The van der Waals surface area contributed by atoms with Gasteiger partial charge in [-0.1, -0.05) is 60.7 Å². The molecule has 0 radical (unpaired) electrons. The molecule has 7 rings (SSSR count). The third-order valence-electron chi connectivity index (χ3n) is 6.72. The van der Waals surface area contributed by atoms with Gasteiger partial charge in [-0.05, 0) is 75.2 Å². The molecule has 0 saturated heterocycles. The zero-order valence-electron chi connectivity index (χ0n) is 19.3. The summed E-state index contributed by atoms with van der Waals surface area (Å²) in [6.07, 6.45) is 3.83. The fourth-order valence-electron chi connectivity index (χ4n) is 4.79. The molecule has 7 aromatic rings. The van der Waals surface area contributed by atoms with Crippen molar-refractivity contribution in [1.29, 1.82) is 0 Å². The zero-order valence-corrected chi connectivity index (χ0v) is 21.3. The predicted octanol–water partition coefficient (Wildman–Crippen LogP) is 8.50. The van der Waals surface area contributed by atoms with Crippen molar-refractivity contribution in [1.82, 2.24) is 9.97 Å². The number of rotatable bonds is 3. The molecule has 0 aliphatic carbocycles. The Balaban J connectivity index is 1.20. The van der Waals surface area contributed by atoms with E-state index in [0.717, 1.165) is 21.7 Å². The van der Waals surface area contributed by atoms with Crippen LogP contribution in [0.5, 0.6) is 0 Å². The Hall–Kier alpha value is -3.91. The molecule has 1 atom stereocenters. The molecule has 0 aliphatic rings. The molecule has 0 bridgehead atoms. The van der Waals surface area contributed by atoms with E-state index in [4.69, 9.17) is 4.98 Å². The van der Waals surface area contributed by atoms with Gasteiger partial charge in [0.15, 0.2) is 0 Å². The average Bonchev–Trinajstić information content (AvgIpc) is 3.31. The summed E-state index contributed by atoms with van der Waals surface area (Å²) in [6, 6.07) is 36.9. The third-order valence-corrected chi connectivity index (χ3v) is 8.20. The summed E-state index contributed by atoms with van der Waals surface area (Å²) in [5.41, 5.74) is 6.86. The van der Waals surface area contributed by atoms with Crippen LogP contribution in [0.1, 0.15) is 0 Å². The second-order valence-corrected chi connectivity index (χ2v) is 10.7. The maximum absolute atomic E-state index is 4.82. The Morgan fingerprint density at radius 2 is 1.25 bits per heavy atom. The van der Waals surface area contributed by atoms with E-state index in [2.05, 4.69) is 111 Å². The molecule has 36 heavy (non-hydrogen) atoms. The quantitative estimate of drug-likeness (QED) is 0.229. The van der Waals surface area contributed by atoms with Crippen LogP contribution in [0.4, 0.5) is 0 Å². The summed E-state index contributed by atoms with van der Waals surface area (Å²) in [4.78, 5) is 10.4. The first-order valence-corrected chi connectivity index (χ1v) is 13.2. The van der Waals surface area contributed by atoms with Crippen molar-refractivity contribution in [2.24, 2.45) is 0 Å². The number of hydrogen-bond donors (Lipinski definition) is 0. The molecular formula is C32H21N2PS. The minimum absolute atomic E-state index is 0.978. The van der Waals surface area contributed by atoms with Gasteiger partial charge in [0.25, 0.3) is 0 Å². The lowest BCUT2D eigenvalue weighted by Gasteiger charge is -2.08. The van der Waals surface area contributed by atoms with E-state index in [1.807, 2.05) is 18.5 Å². The maximum Gasteiger partial charge on any atom is 0.124 e. The van der Waals surface area contributed by atoms with E-state index in [-0.39, 0.29) is 0 Å². The summed E-state index contributed by atoms with van der Waals surface area (Å²) in [5, 5.41) is 6.11. The molecule has 1 unspecified atom stereocenters. The minimum atomic E-state index is 0.978. The van der Waals surface area contributed by atoms with Crippen LogP contribution in [0.2, 0.25) is 0 Å². The highest BCUT2D eigenvalue weighted by Crippen LogP contribution is 2.35. The summed E-state index contributed by atoms with van der Waals surface area (Å²) >= 11 is 1.73. The van der Waals surface area contributed by atoms with Crippen molar-refractivity contribution < 1.29 is 0 Å². The summed E-state index contributed by atoms with van der Waals surface area (Å²) < 4.78 is 1.25. The van der Waals surface area contributed by atoms with Gasteiger partial charge in [0.1, 0.15) is 4.83 Å². The van der Waals surface area contributed by atoms with Gasteiger partial charge in [-0.25, -0.2) is 4.98 Å². The highest BCUT2D eigenvalue weighted by Gasteiger charge is 2.09. The van der Waals surface area contributed by atoms with Crippen LogP contribution in [0.25, 0.3) is 64.6 Å². The molecular weight excluding hydrogens is 475 g/mol. The van der Waals surface area contributed by atoms with Gasteiger partial charge in [0.05, 0.1) is 5.69 Å². The van der Waals surface area contributed by atoms with Crippen LogP contribution >= 0.6 is 20.6 Å². The molecule has 0 spiro atoms. The second kappa shape index (κ2) is 8.64. The lowest BCUT2D eigenvalue weighted by atomic mass is 9.98. The lowest BCUT2D eigenvalue weighted by molar-refractivity contribution is 1.33. The largest absolute Gasteiger partial charge is 0.256 e. The summed E-state index contributed by atoms with van der Waals surface area (Å²) in [5.74, 6) is 0. The van der Waals surface area contributed by atoms with Crippen molar-refractivity contribution in [3.8, 4) is 33.5 Å². The van der Waals surface area contributed by atoms with E-state index >= 15 is 0 Å². The highest BCUT2D eigenvalue weighted by molar-refractivity contribution is 7.27. The fraction of sp³-hybridized carbons (Fsp3) is 0. The molecule has 0 N–H and O–H groups in total. The van der Waals surface area contributed by atoms with Gasteiger partial charge in [0, 0.05) is 39.0 Å². The third kappa shape index (κ3) is 3.78. The van der Waals surface area contributed by atoms with Crippen LogP contribution in [0.15, 0.2) is 116 Å². The molecule has 0 saturated carbocycles. The molecule has 2 nitrogen and oxygen atoms in total. The van der Waals surface area contributed by atoms with Gasteiger partial charge in [-0.3, -0.25) is 4.98 Å². The first-order valence-electron chi connectivity index (χ1n) is 11.9. The molecule has 4 heteroatoms. The van der Waals surface area contributed by atoms with Crippen LogP contribution in [-0.2, 0) is 0 Å². The number of aromatic nitrogens is 2. The number of thiophene rings is 1. The first kappa shape index (κ1) is 21.4. The van der Waals surface area contributed by atoms with Gasteiger partial charge >= 0.3 is 0 Å². The normalized spacial score (nSPS) is 11.5. The Labute approximate surface area is 215 Å². The van der Waals surface area contributed by atoms with Gasteiger partial charge in [0.2, 0.25) is 0 Å². The highest BCUT2D eigenvalue weighted by atomic mass is 32.1. The molecule has 170 valence electrons. The SMILES string of the molecule is Pc1ccc(-c2ccc3cc(-c4ccc(-c5ccc6sc7ncccc7c6c5)nc4)ccc3c2)cc1. The van der Waals surface area contributed by atoms with E-state index in [0.29, 0.717) is 0 Å². The molecule has 3 aromatic heterocycles. The number of nitrogens with zero attached hydrogens (tertiary/aromatic N) is 2. The molecule has 0 aliphatic heterocycles. The summed E-state index contributed by atoms with van der Waals surface area (Å²) in [6.45, 7) is 0. The number of pyridine rings is 2. The molecule has 4 aromatic carbocycles. The van der Waals surface area contributed by atoms with Crippen LogP contribution in [-0.4, -0.2) is 9.97 Å². The monoisotopic (exact) mass is 496 g/mol. The maximum atomic E-state index is 4.82. The van der Waals surface area contributed by atoms with E-state index in [1.165, 1.54) is 48.2 Å². The van der Waals surface area contributed by atoms with Crippen molar-refractivity contribution in [3.63, 3.8) is 0 Å². The molecule has 3 heterocycles. The van der Waals surface area contributed by atoms with Crippen molar-refractivity contribution >= 4 is 57.0 Å². The fourth-order valence-corrected chi connectivity index (χ4v) is 6.00. The summed E-state index contributed by atoms with van der Waals surface area (Å²) in [7, 11) is 2.74. The average molecular weight is 497 g/mol. The van der Waals surface area contributed by atoms with E-state index in [1.54, 1.807) is 11.3 Å². The van der Waals surface area contributed by atoms with Crippen LogP contribution in [0.3, 0.4) is 0 Å². The lowest BCUT2D eigenvalue weighted by Crippen LogP contribution is -1.88. The van der Waals surface area contributed by atoms with Gasteiger partial charge < -0.3 is 0 Å². The van der Waals surface area contributed by atoms with Gasteiger partial charge in [-0.15, -0.1) is 20.6 Å². The van der Waals surface area contributed by atoms with E-state index in [9.17, 15) is 0 Å². The Kier molecular flexibility index (Phi) is 5.13. The standard InChI is InChI=1S/C32H21N2PS/c35-27-11-7-20(8-12-27)21-3-4-23-17-24(6-5-22(23)16-21)26-9-13-30(34-19-26)25-10-14-31-29(18-25)28-2-1-15-33-32(28)36-31/h1-19H,35H2. The number of benzene rings is 4. The topological polar surface area (TPSA) is 25.8 Å². The number of hydrogen-bond acceptors (Lipinski definition) is 3. The smallest absolute Gasteiger partial charge is 0.124 e. The van der Waals surface area contributed by atoms with Crippen molar-refractivity contribution in [2.75, 3.05) is 0 Å². The van der Waals surface area contributed by atoms with Crippen molar-refractivity contribution in [3.05, 3.63) is 116 Å². The van der Waals surface area contributed by atoms with Crippen molar-refractivity contribution in [2.45, 2.75) is 0 Å². The minimum Gasteiger partial charge on any atom is -0.256 e. The van der Waals surface area contributed by atoms with Crippen LogP contribution < -0.4 is 5.30 Å². The first-order chi connectivity index (χ1) is 17.7. The number of fused-ring (bicyclic) bond motifs is 4.